The number of carbonyl (C=O) groups excluding carboxylic acids is 1. The number of rotatable bonds is 4. The number of hydrogen-bond donors (Lipinski definition) is 0. The van der Waals surface area contributed by atoms with E-state index in [-0.39, 0.29) is 5.91 Å². The van der Waals surface area contributed by atoms with Crippen molar-refractivity contribution >= 4 is 65.2 Å². The van der Waals surface area contributed by atoms with Gasteiger partial charge >= 0.3 is 0 Å². The molecule has 8 rings (SSSR count). The molecular formula is C34H19BrN4O2S. The Balaban J connectivity index is 1.22. The number of pyridine rings is 1. The molecule has 0 spiro atoms. The Labute approximate surface area is 252 Å². The molecule has 0 amide bonds. The molecule has 0 bridgehead atoms. The van der Waals surface area contributed by atoms with Crippen molar-refractivity contribution in [2.24, 2.45) is 0 Å². The van der Waals surface area contributed by atoms with Crippen LogP contribution >= 0.6 is 27.3 Å². The van der Waals surface area contributed by atoms with Crippen LogP contribution in [0.1, 0.15) is 10.4 Å². The number of aromatic nitrogens is 4. The van der Waals surface area contributed by atoms with Crippen LogP contribution in [0.2, 0.25) is 0 Å². The molecule has 4 heterocycles. The second-order valence-electron chi connectivity index (χ2n) is 9.86. The lowest BCUT2D eigenvalue weighted by atomic mass is 10.1. The van der Waals surface area contributed by atoms with Crippen molar-refractivity contribution in [2.75, 3.05) is 0 Å². The fraction of sp³-hybridized carbons (Fsp3) is 0. The first-order chi connectivity index (χ1) is 20.6. The number of benzene rings is 4. The van der Waals surface area contributed by atoms with Crippen LogP contribution < -0.4 is 0 Å². The molecule has 8 aromatic rings. The Hall–Kier alpha value is -4.92. The highest BCUT2D eigenvalue weighted by molar-refractivity contribution is 9.10. The van der Waals surface area contributed by atoms with Gasteiger partial charge in [-0.15, -0.1) is 11.3 Å². The summed E-state index contributed by atoms with van der Waals surface area (Å²) in [5, 5.41) is 7.23. The molecule has 0 saturated carbocycles. The van der Waals surface area contributed by atoms with Crippen LogP contribution in [0.3, 0.4) is 0 Å². The first kappa shape index (κ1) is 24.8. The van der Waals surface area contributed by atoms with E-state index in [0.29, 0.717) is 28.2 Å². The Morgan fingerprint density at radius 3 is 2.40 bits per heavy atom. The molecule has 0 aliphatic heterocycles. The summed E-state index contributed by atoms with van der Waals surface area (Å²) < 4.78 is 9.66. The summed E-state index contributed by atoms with van der Waals surface area (Å²) >= 11 is 5.13. The van der Waals surface area contributed by atoms with E-state index in [1.54, 1.807) is 22.1 Å². The van der Waals surface area contributed by atoms with E-state index in [0.717, 1.165) is 47.1 Å². The van der Waals surface area contributed by atoms with E-state index in [9.17, 15) is 4.79 Å². The topological polar surface area (TPSA) is 73.8 Å². The van der Waals surface area contributed by atoms with E-state index in [2.05, 4.69) is 44.3 Å². The lowest BCUT2D eigenvalue weighted by Gasteiger charge is -2.08. The fourth-order valence-corrected chi connectivity index (χ4v) is 6.56. The summed E-state index contributed by atoms with van der Waals surface area (Å²) in [4.78, 5) is 23.4. The first-order valence-electron chi connectivity index (χ1n) is 13.3. The zero-order valence-corrected chi connectivity index (χ0v) is 24.3. The highest BCUT2D eigenvalue weighted by atomic mass is 79.9. The molecule has 200 valence electrons. The van der Waals surface area contributed by atoms with Crippen molar-refractivity contribution in [1.29, 1.82) is 0 Å². The third kappa shape index (κ3) is 4.07. The minimum absolute atomic E-state index is 0.145. The highest BCUT2D eigenvalue weighted by Crippen LogP contribution is 2.37. The molecule has 0 aliphatic rings. The van der Waals surface area contributed by atoms with Gasteiger partial charge in [-0.1, -0.05) is 75.7 Å². The third-order valence-corrected chi connectivity index (χ3v) is 8.96. The van der Waals surface area contributed by atoms with Gasteiger partial charge in [0, 0.05) is 44.2 Å². The first-order valence-corrected chi connectivity index (χ1v) is 14.9. The van der Waals surface area contributed by atoms with Crippen LogP contribution in [0.5, 0.6) is 0 Å². The van der Waals surface area contributed by atoms with Gasteiger partial charge in [-0.3, -0.25) is 14.3 Å². The fourth-order valence-electron chi connectivity index (χ4n) is 5.33. The molecule has 0 N–H and O–H groups in total. The zero-order chi connectivity index (χ0) is 28.2. The maximum Gasteiger partial charge on any atom is 0.262 e. The van der Waals surface area contributed by atoms with Crippen molar-refractivity contribution in [3.05, 3.63) is 125 Å². The number of thiazole rings is 1. The molecule has 4 aromatic heterocycles. The lowest BCUT2D eigenvalue weighted by Crippen LogP contribution is -2.12. The van der Waals surface area contributed by atoms with Gasteiger partial charge in [-0.2, -0.15) is 0 Å². The Morgan fingerprint density at radius 2 is 1.57 bits per heavy atom. The average Bonchev–Trinajstić information content (AvgIpc) is 3.77. The van der Waals surface area contributed by atoms with E-state index in [1.807, 2.05) is 91.0 Å². The zero-order valence-electron chi connectivity index (χ0n) is 21.9. The van der Waals surface area contributed by atoms with E-state index in [4.69, 9.17) is 9.51 Å². The van der Waals surface area contributed by atoms with Crippen molar-refractivity contribution in [2.45, 2.75) is 0 Å². The predicted molar refractivity (Wildman–Crippen MR) is 171 cm³/mol. The molecule has 0 aliphatic carbocycles. The predicted octanol–water partition coefficient (Wildman–Crippen LogP) is 9.24. The van der Waals surface area contributed by atoms with Crippen LogP contribution in [0.15, 0.2) is 124 Å². The molecule has 0 unspecified atom stereocenters. The molecule has 0 saturated heterocycles. The van der Waals surface area contributed by atoms with Gasteiger partial charge in [0.2, 0.25) is 0 Å². The molecular weight excluding hydrogens is 608 g/mol. The molecule has 0 atom stereocenters. The molecule has 0 fully saturated rings. The number of para-hydroxylation sites is 2. The van der Waals surface area contributed by atoms with Crippen LogP contribution in [-0.2, 0) is 0 Å². The summed E-state index contributed by atoms with van der Waals surface area (Å²) in [5.41, 5.74) is 6.25. The Kier molecular flexibility index (Phi) is 5.84. The van der Waals surface area contributed by atoms with Gasteiger partial charge in [0.25, 0.3) is 5.91 Å². The second kappa shape index (κ2) is 9.87. The lowest BCUT2D eigenvalue weighted by molar-refractivity contribution is 0.0969. The standard InChI is InChI=1S/C34H19BrN4O2S/c35-23-15-13-22(14-16-23)34(40)39-28-7-3-1-5-24(28)25-17-18-36-31(32(25)39)29-19-27(38-41-29)20-9-11-21(12-10-20)33-37-26-6-2-4-8-30(26)42-33/h1-19H. The summed E-state index contributed by atoms with van der Waals surface area (Å²) in [7, 11) is 0. The van der Waals surface area contributed by atoms with E-state index >= 15 is 0 Å². The SMILES string of the molecule is O=C(c1ccc(Br)cc1)n1c2ccccc2c2ccnc(-c3cc(-c4ccc(-c5nc6ccccc6s5)cc4)no3)c21. The smallest absolute Gasteiger partial charge is 0.262 e. The van der Waals surface area contributed by atoms with Gasteiger partial charge in [0.1, 0.15) is 16.4 Å². The van der Waals surface area contributed by atoms with Crippen LogP contribution in [-0.4, -0.2) is 25.6 Å². The summed E-state index contributed by atoms with van der Waals surface area (Å²) in [6, 6.07) is 35.3. The molecule has 8 heteroatoms. The quantitative estimate of drug-likeness (QED) is 0.195. The number of hydrogen-bond acceptors (Lipinski definition) is 6. The van der Waals surface area contributed by atoms with Crippen molar-refractivity contribution < 1.29 is 9.32 Å². The van der Waals surface area contributed by atoms with Gasteiger partial charge < -0.3 is 4.52 Å². The van der Waals surface area contributed by atoms with Gasteiger partial charge in [0.05, 0.1) is 21.3 Å². The number of halogens is 1. The van der Waals surface area contributed by atoms with Crippen LogP contribution in [0, 0.1) is 0 Å². The number of fused-ring (bicyclic) bond motifs is 4. The summed E-state index contributed by atoms with van der Waals surface area (Å²) in [6.07, 6.45) is 1.74. The van der Waals surface area contributed by atoms with Crippen LogP contribution in [0.25, 0.3) is 65.3 Å². The maximum atomic E-state index is 13.9. The van der Waals surface area contributed by atoms with Gasteiger partial charge in [0.15, 0.2) is 5.76 Å². The van der Waals surface area contributed by atoms with Crippen molar-refractivity contribution in [3.8, 4) is 33.3 Å². The molecule has 42 heavy (non-hydrogen) atoms. The summed E-state index contributed by atoms with van der Waals surface area (Å²) in [5.74, 6) is 0.339. The number of carbonyl (C=O) groups is 1. The average molecular weight is 628 g/mol. The van der Waals surface area contributed by atoms with Crippen molar-refractivity contribution in [1.82, 2.24) is 19.7 Å². The molecule has 0 radical (unpaired) electrons. The Morgan fingerprint density at radius 1 is 0.810 bits per heavy atom. The largest absolute Gasteiger partial charge is 0.354 e. The maximum absolute atomic E-state index is 13.9. The third-order valence-electron chi connectivity index (χ3n) is 7.34. The monoisotopic (exact) mass is 626 g/mol. The number of nitrogens with zero attached hydrogens (tertiary/aromatic N) is 4. The second-order valence-corrected chi connectivity index (χ2v) is 11.8. The molecule has 4 aromatic carbocycles. The minimum atomic E-state index is -0.145. The normalized spacial score (nSPS) is 11.5. The van der Waals surface area contributed by atoms with Crippen molar-refractivity contribution in [3.63, 3.8) is 0 Å². The summed E-state index contributed by atoms with van der Waals surface area (Å²) in [6.45, 7) is 0. The van der Waals surface area contributed by atoms with E-state index < -0.39 is 0 Å². The highest BCUT2D eigenvalue weighted by Gasteiger charge is 2.23. The molecule has 6 nitrogen and oxygen atoms in total. The van der Waals surface area contributed by atoms with Gasteiger partial charge in [-0.25, -0.2) is 4.98 Å². The minimum Gasteiger partial charge on any atom is -0.354 e. The Bertz CT molecular complexity index is 2250. The van der Waals surface area contributed by atoms with Gasteiger partial charge in [-0.05, 0) is 48.5 Å². The van der Waals surface area contributed by atoms with Crippen LogP contribution in [0.4, 0.5) is 0 Å². The van der Waals surface area contributed by atoms with E-state index in [1.165, 1.54) is 0 Å².